The van der Waals surface area contributed by atoms with Gasteiger partial charge in [0, 0.05) is 29.1 Å². The maximum atomic E-state index is 13.1. The van der Waals surface area contributed by atoms with Crippen LogP contribution in [-0.4, -0.2) is 51.2 Å². The Kier molecular flexibility index (Phi) is 5.35. The molecular weight excluding hydrogens is 454 g/mol. The second-order valence-electron chi connectivity index (χ2n) is 8.50. The lowest BCUT2D eigenvalue weighted by Crippen LogP contribution is -2.35. The van der Waals surface area contributed by atoms with E-state index in [1.54, 1.807) is 13.0 Å². The van der Waals surface area contributed by atoms with Crippen LogP contribution in [0.2, 0.25) is 0 Å². The van der Waals surface area contributed by atoms with Gasteiger partial charge in [0.15, 0.2) is 23.4 Å². The van der Waals surface area contributed by atoms with Crippen LogP contribution in [0, 0.1) is 24.0 Å². The van der Waals surface area contributed by atoms with Gasteiger partial charge in [0.25, 0.3) is 17.5 Å². The van der Waals surface area contributed by atoms with Gasteiger partial charge in [0.1, 0.15) is 6.61 Å². The van der Waals surface area contributed by atoms with Crippen LogP contribution in [0.5, 0.6) is 11.5 Å². The minimum atomic E-state index is -0.720. The molecule has 3 heterocycles. The van der Waals surface area contributed by atoms with Gasteiger partial charge in [-0.25, -0.2) is 0 Å². The Morgan fingerprint density at radius 1 is 1.06 bits per heavy atom. The molecule has 0 radical (unpaired) electrons. The number of amides is 2. The molecule has 0 aliphatic carbocycles. The number of nitro benzene ring substituents is 1. The molecule has 5 rings (SSSR count). The van der Waals surface area contributed by atoms with Crippen LogP contribution < -0.4 is 9.47 Å². The van der Waals surface area contributed by atoms with E-state index in [-0.39, 0.29) is 22.9 Å². The van der Waals surface area contributed by atoms with Crippen LogP contribution in [0.3, 0.4) is 0 Å². The van der Waals surface area contributed by atoms with Crippen molar-refractivity contribution >= 4 is 23.3 Å². The zero-order chi connectivity index (χ0) is 24.9. The number of nitro groups is 1. The van der Waals surface area contributed by atoms with E-state index in [1.807, 2.05) is 35.8 Å². The highest BCUT2D eigenvalue weighted by atomic mass is 16.6. The number of carbonyl (C=O) groups excluding carboxylic acids is 3. The molecule has 3 aromatic rings. The predicted molar refractivity (Wildman–Crippen MR) is 123 cm³/mol. The zero-order valence-corrected chi connectivity index (χ0v) is 19.0. The summed E-state index contributed by atoms with van der Waals surface area (Å²) in [6.07, 6.45) is -0.260. The summed E-state index contributed by atoms with van der Waals surface area (Å²) in [5, 5.41) is 11.0. The number of hydrogen-bond acceptors (Lipinski definition) is 7. The third-order valence-corrected chi connectivity index (χ3v) is 6.29. The summed E-state index contributed by atoms with van der Waals surface area (Å²) in [7, 11) is 0. The Labute approximate surface area is 199 Å². The molecule has 1 atom stereocenters. The number of para-hydroxylation sites is 2. The van der Waals surface area contributed by atoms with Crippen LogP contribution in [0.4, 0.5) is 5.69 Å². The molecular formula is C25H21N3O7. The third kappa shape index (κ3) is 3.82. The van der Waals surface area contributed by atoms with Gasteiger partial charge in [-0.3, -0.25) is 29.4 Å². The first-order valence-corrected chi connectivity index (χ1v) is 11.0. The summed E-state index contributed by atoms with van der Waals surface area (Å²) in [5.41, 5.74) is 1.58. The van der Waals surface area contributed by atoms with Crippen molar-refractivity contribution in [2.24, 2.45) is 0 Å². The van der Waals surface area contributed by atoms with Gasteiger partial charge in [0.2, 0.25) is 0 Å². The molecule has 2 amide bonds. The van der Waals surface area contributed by atoms with Crippen LogP contribution in [0.15, 0.2) is 48.5 Å². The molecule has 2 aliphatic rings. The number of Topliss-reactive ketones (excluding diaryl/α,β-unsaturated/α-hetero) is 1. The number of ketones is 1. The maximum absolute atomic E-state index is 13.1. The summed E-state index contributed by atoms with van der Waals surface area (Å²) in [6, 6.07) is 12.6. The van der Waals surface area contributed by atoms with Crippen LogP contribution in [0.1, 0.15) is 42.5 Å². The number of rotatable bonds is 6. The van der Waals surface area contributed by atoms with Gasteiger partial charge in [-0.1, -0.05) is 12.1 Å². The minimum Gasteiger partial charge on any atom is -0.486 e. The van der Waals surface area contributed by atoms with Gasteiger partial charge in [-0.2, -0.15) is 0 Å². The largest absolute Gasteiger partial charge is 0.486 e. The molecule has 178 valence electrons. The highest BCUT2D eigenvalue weighted by Gasteiger charge is 2.38. The first-order chi connectivity index (χ1) is 16.7. The van der Waals surface area contributed by atoms with Gasteiger partial charge in [-0.15, -0.1) is 0 Å². The highest BCUT2D eigenvalue weighted by molar-refractivity contribution is 6.23. The molecule has 1 unspecified atom stereocenters. The van der Waals surface area contributed by atoms with Crippen molar-refractivity contribution < 1.29 is 28.8 Å². The lowest BCUT2D eigenvalue weighted by Gasteiger charge is -2.27. The zero-order valence-electron chi connectivity index (χ0n) is 19.0. The topological polar surface area (TPSA) is 121 Å². The molecule has 1 aromatic heterocycles. The van der Waals surface area contributed by atoms with E-state index in [0.717, 1.165) is 16.7 Å². The summed E-state index contributed by atoms with van der Waals surface area (Å²) >= 11 is 0. The molecule has 2 aromatic carbocycles. The fourth-order valence-electron chi connectivity index (χ4n) is 4.49. The van der Waals surface area contributed by atoms with E-state index in [0.29, 0.717) is 35.9 Å². The Balaban J connectivity index is 1.33. The molecule has 10 nitrogen and oxygen atoms in total. The monoisotopic (exact) mass is 475 g/mol. The van der Waals surface area contributed by atoms with Crippen molar-refractivity contribution in [2.75, 3.05) is 13.2 Å². The van der Waals surface area contributed by atoms with Gasteiger partial charge in [0.05, 0.1) is 29.1 Å². The average molecular weight is 475 g/mol. The van der Waals surface area contributed by atoms with Crippen molar-refractivity contribution in [3.05, 3.63) is 86.7 Å². The Hall–Kier alpha value is -4.47. The lowest BCUT2D eigenvalue weighted by molar-refractivity contribution is -0.384. The number of imide groups is 1. The van der Waals surface area contributed by atoms with Crippen molar-refractivity contribution in [2.45, 2.75) is 26.5 Å². The smallest absolute Gasteiger partial charge is 0.270 e. The number of nitrogens with zero attached hydrogens (tertiary/aromatic N) is 3. The number of fused-ring (bicyclic) bond motifs is 2. The van der Waals surface area contributed by atoms with Crippen LogP contribution in [-0.2, 0) is 6.54 Å². The molecule has 35 heavy (non-hydrogen) atoms. The normalized spacial score (nSPS) is 16.4. The quantitative estimate of drug-likeness (QED) is 0.232. The van der Waals surface area contributed by atoms with Crippen molar-refractivity contribution in [3.63, 3.8) is 0 Å². The average Bonchev–Trinajstić information content (AvgIpc) is 3.26. The van der Waals surface area contributed by atoms with Crippen LogP contribution in [0.25, 0.3) is 0 Å². The number of aryl methyl sites for hydroxylation is 1. The molecule has 0 N–H and O–H groups in total. The molecule has 0 saturated carbocycles. The van der Waals surface area contributed by atoms with E-state index in [2.05, 4.69) is 0 Å². The van der Waals surface area contributed by atoms with E-state index >= 15 is 0 Å². The number of benzene rings is 2. The van der Waals surface area contributed by atoms with Crippen molar-refractivity contribution in [1.82, 2.24) is 9.47 Å². The molecule has 2 aliphatic heterocycles. The van der Waals surface area contributed by atoms with Gasteiger partial charge >= 0.3 is 0 Å². The third-order valence-electron chi connectivity index (χ3n) is 6.29. The fourth-order valence-corrected chi connectivity index (χ4v) is 4.49. The summed E-state index contributed by atoms with van der Waals surface area (Å²) in [5.74, 6) is -0.421. The van der Waals surface area contributed by atoms with E-state index < -0.39 is 29.1 Å². The molecule has 0 spiro atoms. The Morgan fingerprint density at radius 3 is 2.51 bits per heavy atom. The molecule has 0 saturated heterocycles. The number of aromatic nitrogens is 1. The van der Waals surface area contributed by atoms with E-state index in [4.69, 9.17) is 9.47 Å². The lowest BCUT2D eigenvalue weighted by atomic mass is 10.1. The first kappa shape index (κ1) is 22.3. The number of carbonyl (C=O) groups is 3. The number of non-ortho nitro benzene ring substituents is 1. The molecule has 10 heteroatoms. The number of ether oxygens (including phenoxy) is 2. The first-order valence-electron chi connectivity index (χ1n) is 11.0. The Bertz CT molecular complexity index is 1410. The standard InChI is InChI=1S/C25H21N3O7/c1-14-9-19(15(2)26(14)11-17-13-34-22-5-3-4-6-23(22)35-17)21(29)12-27-24(30)18-8-7-16(28(32)33)10-20(18)25(27)31/h3-10,17H,11-13H2,1-2H3. The minimum absolute atomic E-state index is 0.0496. The van der Waals surface area contributed by atoms with Gasteiger partial charge in [-0.05, 0) is 38.1 Å². The predicted octanol–water partition coefficient (Wildman–Crippen LogP) is 3.33. The fraction of sp³-hybridized carbons (Fsp3) is 0.240. The SMILES string of the molecule is Cc1cc(C(=O)CN2C(=O)c3ccc([N+](=O)[O-])cc3C2=O)c(C)n1CC1COc2ccccc2O1. The molecule has 0 fully saturated rings. The van der Waals surface area contributed by atoms with E-state index in [1.165, 1.54) is 12.1 Å². The number of hydrogen-bond donors (Lipinski definition) is 0. The summed E-state index contributed by atoms with van der Waals surface area (Å²) < 4.78 is 13.8. The van der Waals surface area contributed by atoms with Gasteiger partial charge < -0.3 is 14.0 Å². The van der Waals surface area contributed by atoms with E-state index in [9.17, 15) is 24.5 Å². The molecule has 0 bridgehead atoms. The van der Waals surface area contributed by atoms with Crippen molar-refractivity contribution in [1.29, 1.82) is 0 Å². The summed E-state index contributed by atoms with van der Waals surface area (Å²) in [6.45, 7) is 4.02. The summed E-state index contributed by atoms with van der Waals surface area (Å²) in [4.78, 5) is 49.8. The second-order valence-corrected chi connectivity index (χ2v) is 8.50. The second kappa shape index (κ2) is 8.39. The Morgan fingerprint density at radius 2 is 1.77 bits per heavy atom. The van der Waals surface area contributed by atoms with Crippen molar-refractivity contribution in [3.8, 4) is 11.5 Å². The maximum Gasteiger partial charge on any atom is 0.270 e. The highest BCUT2D eigenvalue weighted by Crippen LogP contribution is 2.32. The van der Waals surface area contributed by atoms with Crippen LogP contribution >= 0.6 is 0 Å².